The molecule has 26 heavy (non-hydrogen) atoms. The van der Waals surface area contributed by atoms with Crippen LogP contribution in [0.1, 0.15) is 22.3 Å². The molecule has 0 aromatic heterocycles. The quantitative estimate of drug-likeness (QED) is 0.701. The maximum Gasteiger partial charge on any atom is 0.335 e. The highest BCUT2D eigenvalue weighted by Gasteiger charge is 2.39. The lowest BCUT2D eigenvalue weighted by Crippen LogP contribution is -2.44. The fourth-order valence-electron chi connectivity index (χ4n) is 2.94. The maximum atomic E-state index is 13.3. The molecule has 0 unspecified atom stereocenters. The number of sulfonamides is 1. The highest BCUT2D eigenvalue weighted by atomic mass is 32.2. The van der Waals surface area contributed by atoms with Gasteiger partial charge in [-0.1, -0.05) is 6.07 Å². The predicted molar refractivity (Wildman–Crippen MR) is 97.6 cm³/mol. The third kappa shape index (κ3) is 4.61. The van der Waals surface area contributed by atoms with Gasteiger partial charge in [0.15, 0.2) is 9.84 Å². The molecule has 2 rings (SSSR count). The summed E-state index contributed by atoms with van der Waals surface area (Å²) in [6.45, 7) is 2.15. The molecular weight excluding hydrogens is 380 g/mol. The summed E-state index contributed by atoms with van der Waals surface area (Å²) in [4.78, 5) is 12.9. The Morgan fingerprint density at radius 2 is 1.92 bits per heavy atom. The summed E-state index contributed by atoms with van der Waals surface area (Å²) in [7, 11) is -3.71. The van der Waals surface area contributed by atoms with E-state index in [4.69, 9.17) is 5.11 Å². The fraction of sp³-hybridized carbons (Fsp3) is 0.562. The Morgan fingerprint density at radius 1 is 1.27 bits per heavy atom. The van der Waals surface area contributed by atoms with Crippen LogP contribution in [-0.2, 0) is 19.9 Å². The molecule has 1 aromatic carbocycles. The standard InChI is InChI=1S/C16H24N2O6S2/c1-12-4-5-13(16(19)20)10-15(12)26(23,24)18(8-7-17(2)3)14-6-9-25(21,22)11-14/h4-5,10,14H,6-9,11H2,1-3H3,(H,19,20)/t14-/m0/s1. The number of aryl methyl sites for hydroxylation is 1. The molecule has 0 aliphatic carbocycles. The number of carboxylic acids is 1. The van der Waals surface area contributed by atoms with Crippen molar-refractivity contribution in [3.63, 3.8) is 0 Å². The summed E-state index contributed by atoms with van der Waals surface area (Å²) >= 11 is 0. The SMILES string of the molecule is Cc1ccc(C(=O)O)cc1S(=O)(=O)N(CCN(C)C)[C@H]1CCS(=O)(=O)C1. The second-order valence-corrected chi connectivity index (χ2v) is 10.8. The second-order valence-electron chi connectivity index (χ2n) is 6.76. The van der Waals surface area contributed by atoms with Gasteiger partial charge < -0.3 is 10.0 Å². The molecule has 0 saturated carbocycles. The van der Waals surface area contributed by atoms with Crippen molar-refractivity contribution in [1.82, 2.24) is 9.21 Å². The van der Waals surface area contributed by atoms with E-state index in [9.17, 15) is 21.6 Å². The smallest absolute Gasteiger partial charge is 0.335 e. The molecule has 1 saturated heterocycles. The number of hydrogen-bond donors (Lipinski definition) is 1. The number of likely N-dealkylation sites (N-methyl/N-ethyl adjacent to an activating group) is 1. The van der Waals surface area contributed by atoms with Gasteiger partial charge >= 0.3 is 5.97 Å². The van der Waals surface area contributed by atoms with E-state index in [1.54, 1.807) is 21.0 Å². The van der Waals surface area contributed by atoms with E-state index >= 15 is 0 Å². The van der Waals surface area contributed by atoms with E-state index in [1.807, 2.05) is 4.90 Å². The summed E-state index contributed by atoms with van der Waals surface area (Å²) in [5.74, 6) is -1.47. The predicted octanol–water partition coefficient (Wildman–Crippen LogP) is 0.433. The molecule has 10 heteroatoms. The minimum Gasteiger partial charge on any atom is -0.478 e. The highest BCUT2D eigenvalue weighted by Crippen LogP contribution is 2.27. The second kappa shape index (κ2) is 7.63. The van der Waals surface area contributed by atoms with E-state index in [1.165, 1.54) is 16.4 Å². The van der Waals surface area contributed by atoms with Gasteiger partial charge in [0, 0.05) is 19.1 Å². The summed E-state index contributed by atoms with van der Waals surface area (Å²) in [5, 5.41) is 9.17. The highest BCUT2D eigenvalue weighted by molar-refractivity contribution is 7.92. The molecule has 0 spiro atoms. The maximum absolute atomic E-state index is 13.3. The summed E-state index contributed by atoms with van der Waals surface area (Å²) in [6, 6.07) is 3.30. The molecule has 1 N–H and O–H groups in total. The third-order valence-corrected chi connectivity index (χ3v) is 8.25. The van der Waals surface area contributed by atoms with Crippen LogP contribution >= 0.6 is 0 Å². The van der Waals surface area contributed by atoms with Crippen molar-refractivity contribution in [2.75, 3.05) is 38.7 Å². The zero-order chi connectivity index (χ0) is 19.7. The molecular formula is C16H24N2O6S2. The summed E-state index contributed by atoms with van der Waals surface area (Å²) in [6.07, 6.45) is 0.243. The van der Waals surface area contributed by atoms with Crippen LogP contribution in [0.2, 0.25) is 0 Å². The summed E-state index contributed by atoms with van der Waals surface area (Å²) < 4.78 is 51.4. The third-order valence-electron chi connectivity index (χ3n) is 4.41. The molecule has 0 radical (unpaired) electrons. The van der Waals surface area contributed by atoms with E-state index in [2.05, 4.69) is 0 Å². The Balaban J connectivity index is 2.48. The first kappa shape index (κ1) is 20.8. The topological polar surface area (TPSA) is 112 Å². The number of aromatic carboxylic acids is 1. The molecule has 1 aliphatic rings. The van der Waals surface area contributed by atoms with Crippen molar-refractivity contribution in [2.45, 2.75) is 24.3 Å². The van der Waals surface area contributed by atoms with Crippen molar-refractivity contribution < 1.29 is 26.7 Å². The summed E-state index contributed by atoms with van der Waals surface area (Å²) in [5.41, 5.74) is 0.298. The van der Waals surface area contributed by atoms with E-state index in [0.717, 1.165) is 6.07 Å². The average molecular weight is 405 g/mol. The van der Waals surface area contributed by atoms with Crippen LogP contribution in [-0.4, -0.2) is 81.8 Å². The molecule has 8 nitrogen and oxygen atoms in total. The number of hydrogen-bond acceptors (Lipinski definition) is 6. The molecule has 0 amide bonds. The molecule has 1 atom stereocenters. The van der Waals surface area contributed by atoms with Gasteiger partial charge in [0.25, 0.3) is 0 Å². The van der Waals surface area contributed by atoms with E-state index in [-0.39, 0.29) is 34.9 Å². The van der Waals surface area contributed by atoms with Crippen LogP contribution in [0.25, 0.3) is 0 Å². The largest absolute Gasteiger partial charge is 0.478 e. The molecule has 1 aromatic rings. The van der Waals surface area contributed by atoms with Crippen molar-refractivity contribution in [3.8, 4) is 0 Å². The van der Waals surface area contributed by atoms with Crippen LogP contribution in [0.4, 0.5) is 0 Å². The minimum atomic E-state index is -4.04. The zero-order valence-electron chi connectivity index (χ0n) is 15.0. The van der Waals surface area contributed by atoms with Gasteiger partial charge in [0.2, 0.25) is 10.0 Å². The normalized spacial score (nSPS) is 20.0. The van der Waals surface area contributed by atoms with Gasteiger partial charge in [-0.3, -0.25) is 0 Å². The lowest BCUT2D eigenvalue weighted by atomic mass is 10.1. The van der Waals surface area contributed by atoms with Crippen LogP contribution in [0.5, 0.6) is 0 Å². The van der Waals surface area contributed by atoms with Gasteiger partial charge in [0.1, 0.15) is 0 Å². The van der Waals surface area contributed by atoms with Crippen LogP contribution in [0.3, 0.4) is 0 Å². The van der Waals surface area contributed by atoms with Gasteiger partial charge in [-0.25, -0.2) is 21.6 Å². The van der Waals surface area contributed by atoms with Crippen LogP contribution in [0, 0.1) is 6.92 Å². The van der Waals surface area contributed by atoms with Crippen molar-refractivity contribution in [2.24, 2.45) is 0 Å². The molecule has 146 valence electrons. The fourth-order valence-corrected chi connectivity index (χ4v) is 6.66. The monoisotopic (exact) mass is 404 g/mol. The van der Waals surface area contributed by atoms with Gasteiger partial charge in [-0.15, -0.1) is 0 Å². The number of carboxylic acid groups (broad SMARTS) is 1. The molecule has 1 fully saturated rings. The molecule has 0 bridgehead atoms. The molecule has 1 aliphatic heterocycles. The van der Waals surface area contributed by atoms with Gasteiger partial charge in [-0.05, 0) is 45.1 Å². The van der Waals surface area contributed by atoms with E-state index < -0.39 is 31.9 Å². The van der Waals surface area contributed by atoms with Crippen molar-refractivity contribution >= 4 is 25.8 Å². The average Bonchev–Trinajstić information content (AvgIpc) is 2.86. The number of sulfone groups is 1. The minimum absolute atomic E-state index is 0.0419. The lowest BCUT2D eigenvalue weighted by molar-refractivity contribution is 0.0696. The van der Waals surface area contributed by atoms with Crippen molar-refractivity contribution in [1.29, 1.82) is 0 Å². The van der Waals surface area contributed by atoms with E-state index in [0.29, 0.717) is 12.1 Å². The van der Waals surface area contributed by atoms with Crippen molar-refractivity contribution in [3.05, 3.63) is 29.3 Å². The Bertz CT molecular complexity index is 893. The Kier molecular flexibility index (Phi) is 6.11. The number of carbonyl (C=O) groups is 1. The Hall–Kier alpha value is -1.49. The number of nitrogens with zero attached hydrogens (tertiary/aromatic N) is 2. The lowest BCUT2D eigenvalue weighted by Gasteiger charge is -2.29. The molecule has 1 heterocycles. The first-order valence-electron chi connectivity index (χ1n) is 8.15. The Morgan fingerprint density at radius 3 is 2.42 bits per heavy atom. The zero-order valence-corrected chi connectivity index (χ0v) is 16.7. The van der Waals surface area contributed by atoms with Gasteiger partial charge in [-0.2, -0.15) is 4.31 Å². The number of benzene rings is 1. The van der Waals surface area contributed by atoms with Gasteiger partial charge in [0.05, 0.1) is 22.0 Å². The number of rotatable bonds is 7. The first-order chi connectivity index (χ1) is 11.9. The Labute approximate surface area is 154 Å². The first-order valence-corrected chi connectivity index (χ1v) is 11.4. The van der Waals surface area contributed by atoms with Crippen LogP contribution < -0.4 is 0 Å². The van der Waals surface area contributed by atoms with Crippen LogP contribution in [0.15, 0.2) is 23.1 Å².